The summed E-state index contributed by atoms with van der Waals surface area (Å²) in [5.41, 5.74) is 9.03. The Balaban J connectivity index is 1.18. The molecular formula is C26H29N3O5S. The first kappa shape index (κ1) is 24.4. The van der Waals surface area contributed by atoms with Gasteiger partial charge in [0.1, 0.15) is 18.1 Å². The summed E-state index contributed by atoms with van der Waals surface area (Å²) in [6.07, 6.45) is 4.14. The summed E-state index contributed by atoms with van der Waals surface area (Å²) < 4.78 is 22.0. The van der Waals surface area contributed by atoms with E-state index in [0.29, 0.717) is 35.3 Å². The predicted molar refractivity (Wildman–Crippen MR) is 136 cm³/mol. The Morgan fingerprint density at radius 3 is 2.63 bits per heavy atom. The van der Waals surface area contributed by atoms with E-state index in [1.807, 2.05) is 24.3 Å². The van der Waals surface area contributed by atoms with Gasteiger partial charge in [-0.3, -0.25) is 15.6 Å². The zero-order valence-corrected chi connectivity index (χ0v) is 20.6. The van der Waals surface area contributed by atoms with Crippen LogP contribution in [0.4, 0.5) is 0 Å². The van der Waals surface area contributed by atoms with Gasteiger partial charge in [0, 0.05) is 6.54 Å². The lowest BCUT2D eigenvalue weighted by Crippen LogP contribution is -2.47. The van der Waals surface area contributed by atoms with E-state index in [-0.39, 0.29) is 12.4 Å². The second-order valence-electron chi connectivity index (χ2n) is 8.11. The molecule has 3 aromatic rings. The highest BCUT2D eigenvalue weighted by Gasteiger charge is 2.14. The van der Waals surface area contributed by atoms with Crippen molar-refractivity contribution in [1.82, 2.24) is 16.2 Å². The maximum Gasteiger partial charge on any atom is 0.305 e. The van der Waals surface area contributed by atoms with Crippen LogP contribution in [0.25, 0.3) is 0 Å². The van der Waals surface area contributed by atoms with Crippen LogP contribution in [0.15, 0.2) is 52.9 Å². The van der Waals surface area contributed by atoms with Gasteiger partial charge in [0.15, 0.2) is 22.4 Å². The molecule has 1 amide bonds. The van der Waals surface area contributed by atoms with Crippen LogP contribution >= 0.6 is 12.2 Å². The molecule has 0 spiro atoms. The molecule has 0 unspecified atom stereocenters. The quantitative estimate of drug-likeness (QED) is 0.306. The lowest BCUT2D eigenvalue weighted by Gasteiger charge is -2.12. The largest absolute Gasteiger partial charge is 0.493 e. The van der Waals surface area contributed by atoms with Crippen molar-refractivity contribution < 1.29 is 23.4 Å². The fraction of sp³-hybridized carbons (Fsp3) is 0.308. The van der Waals surface area contributed by atoms with Crippen LogP contribution in [0.5, 0.6) is 17.2 Å². The van der Waals surface area contributed by atoms with Crippen molar-refractivity contribution in [1.29, 1.82) is 0 Å². The second-order valence-corrected chi connectivity index (χ2v) is 8.52. The van der Waals surface area contributed by atoms with Crippen LogP contribution in [-0.4, -0.2) is 31.8 Å². The van der Waals surface area contributed by atoms with E-state index >= 15 is 0 Å². The summed E-state index contributed by atoms with van der Waals surface area (Å²) in [5.74, 6) is 2.45. The number of carbonyl (C=O) groups excluding carboxylic acids is 1. The summed E-state index contributed by atoms with van der Waals surface area (Å²) >= 11 is 5.23. The van der Waals surface area contributed by atoms with Crippen LogP contribution in [0, 0.1) is 0 Å². The molecule has 2 aromatic carbocycles. The number of rotatable bonds is 9. The molecule has 0 radical (unpaired) electrons. The van der Waals surface area contributed by atoms with Crippen molar-refractivity contribution >= 4 is 23.2 Å². The van der Waals surface area contributed by atoms with Crippen molar-refractivity contribution in [3.05, 3.63) is 76.7 Å². The zero-order valence-electron chi connectivity index (χ0n) is 19.8. The summed E-state index contributed by atoms with van der Waals surface area (Å²) in [5, 5.41) is 3.35. The highest BCUT2D eigenvalue weighted by molar-refractivity contribution is 7.80. The molecule has 1 aromatic heterocycles. The Bertz CT molecular complexity index is 1190. The molecule has 1 aliphatic rings. The third kappa shape index (κ3) is 6.45. The number of methoxy groups -OCH3 is 2. The van der Waals surface area contributed by atoms with Gasteiger partial charge in [0.2, 0.25) is 0 Å². The number of fused-ring (bicyclic) bond motifs is 1. The number of benzene rings is 2. The Morgan fingerprint density at radius 1 is 0.971 bits per heavy atom. The molecule has 0 fully saturated rings. The van der Waals surface area contributed by atoms with Crippen LogP contribution in [0.3, 0.4) is 0 Å². The van der Waals surface area contributed by atoms with E-state index in [9.17, 15) is 4.79 Å². The molecule has 3 N–H and O–H groups in total. The van der Waals surface area contributed by atoms with Crippen molar-refractivity contribution in [3.8, 4) is 17.2 Å². The van der Waals surface area contributed by atoms with Gasteiger partial charge in [0.05, 0.1) is 14.2 Å². The molecule has 1 aliphatic carbocycles. The minimum atomic E-state index is -0.433. The first-order valence-corrected chi connectivity index (χ1v) is 11.8. The molecule has 0 aliphatic heterocycles. The number of hydrogen-bond acceptors (Lipinski definition) is 6. The highest BCUT2D eigenvalue weighted by Crippen LogP contribution is 2.28. The minimum Gasteiger partial charge on any atom is -0.493 e. The number of hydrazine groups is 1. The van der Waals surface area contributed by atoms with Gasteiger partial charge < -0.3 is 23.9 Å². The number of furan rings is 1. The number of ether oxygens (including phenoxy) is 3. The molecule has 0 atom stereocenters. The molecule has 0 saturated heterocycles. The van der Waals surface area contributed by atoms with Crippen molar-refractivity contribution in [2.45, 2.75) is 32.3 Å². The van der Waals surface area contributed by atoms with Gasteiger partial charge in [0.25, 0.3) is 0 Å². The molecule has 184 valence electrons. The molecule has 0 bridgehead atoms. The van der Waals surface area contributed by atoms with Gasteiger partial charge >= 0.3 is 5.91 Å². The van der Waals surface area contributed by atoms with Gasteiger partial charge in [-0.2, -0.15) is 0 Å². The van der Waals surface area contributed by atoms with Gasteiger partial charge in [-0.05, 0) is 91.0 Å². The Labute approximate surface area is 209 Å². The predicted octanol–water partition coefficient (Wildman–Crippen LogP) is 3.72. The highest BCUT2D eigenvalue weighted by atomic mass is 32.1. The van der Waals surface area contributed by atoms with Crippen molar-refractivity contribution in [3.63, 3.8) is 0 Å². The lowest BCUT2D eigenvalue weighted by atomic mass is 10.1. The number of hydrogen-bond donors (Lipinski definition) is 3. The first-order chi connectivity index (χ1) is 17.1. The van der Waals surface area contributed by atoms with Crippen LogP contribution in [0.1, 0.15) is 39.4 Å². The number of thiocarbonyl (C=S) groups is 1. The second kappa shape index (κ2) is 11.6. The summed E-state index contributed by atoms with van der Waals surface area (Å²) in [6, 6.07) is 15.2. The molecule has 8 nitrogen and oxygen atoms in total. The molecular weight excluding hydrogens is 466 g/mol. The fourth-order valence-corrected chi connectivity index (χ4v) is 4.10. The summed E-state index contributed by atoms with van der Waals surface area (Å²) in [4.78, 5) is 12.4. The summed E-state index contributed by atoms with van der Waals surface area (Å²) in [7, 11) is 3.20. The molecule has 35 heavy (non-hydrogen) atoms. The zero-order chi connectivity index (χ0) is 24.6. The molecule has 9 heteroatoms. The minimum absolute atomic E-state index is 0.165. The SMILES string of the molecule is COc1ccc(CCNC(=S)NNC(=O)c2ccc(COc3ccc4c(c3)CCC4)o2)cc1OC. The maximum absolute atomic E-state index is 12.4. The number of carbonyl (C=O) groups is 1. The Hall–Kier alpha value is -3.72. The van der Waals surface area contributed by atoms with Crippen LogP contribution < -0.4 is 30.4 Å². The van der Waals surface area contributed by atoms with E-state index in [4.69, 9.17) is 30.8 Å². The van der Waals surface area contributed by atoms with E-state index in [1.165, 1.54) is 17.5 Å². The van der Waals surface area contributed by atoms with E-state index in [2.05, 4.69) is 28.3 Å². The third-order valence-corrected chi connectivity index (χ3v) is 6.02. The maximum atomic E-state index is 12.4. The average molecular weight is 496 g/mol. The third-order valence-electron chi connectivity index (χ3n) is 5.77. The average Bonchev–Trinajstić information content (AvgIpc) is 3.55. The standard InChI is InChI=1S/C26H29N3O5S/c1-31-22-10-6-17(14-24(22)32-2)12-13-27-26(35)29-28-25(30)23-11-9-21(34-23)16-33-20-8-7-18-4-3-5-19(18)15-20/h6-11,14-15H,3-5,12-13,16H2,1-2H3,(H,28,30)(H2,27,29,35). The molecule has 4 rings (SSSR count). The smallest absolute Gasteiger partial charge is 0.305 e. The molecule has 1 heterocycles. The Morgan fingerprint density at radius 2 is 1.80 bits per heavy atom. The number of aryl methyl sites for hydroxylation is 2. The normalized spacial score (nSPS) is 11.9. The molecule has 0 saturated carbocycles. The first-order valence-electron chi connectivity index (χ1n) is 11.4. The number of amides is 1. The van der Waals surface area contributed by atoms with Crippen molar-refractivity contribution in [2.75, 3.05) is 20.8 Å². The van der Waals surface area contributed by atoms with E-state index in [0.717, 1.165) is 24.2 Å². The van der Waals surface area contributed by atoms with E-state index < -0.39 is 5.91 Å². The monoisotopic (exact) mass is 495 g/mol. The summed E-state index contributed by atoms with van der Waals surface area (Å²) in [6.45, 7) is 0.817. The number of nitrogens with one attached hydrogen (secondary N) is 3. The Kier molecular flexibility index (Phi) is 8.10. The van der Waals surface area contributed by atoms with Gasteiger partial charge in [-0.1, -0.05) is 12.1 Å². The van der Waals surface area contributed by atoms with E-state index in [1.54, 1.807) is 26.4 Å². The van der Waals surface area contributed by atoms with Crippen LogP contribution in [-0.2, 0) is 25.9 Å². The van der Waals surface area contributed by atoms with Gasteiger partial charge in [-0.15, -0.1) is 0 Å². The fourth-order valence-electron chi connectivity index (χ4n) is 3.95. The van der Waals surface area contributed by atoms with Gasteiger partial charge in [-0.25, -0.2) is 0 Å². The lowest BCUT2D eigenvalue weighted by molar-refractivity contribution is 0.0911. The van der Waals surface area contributed by atoms with Crippen molar-refractivity contribution in [2.24, 2.45) is 0 Å². The topological polar surface area (TPSA) is 94.0 Å². The van der Waals surface area contributed by atoms with Crippen LogP contribution in [0.2, 0.25) is 0 Å².